The first-order chi connectivity index (χ1) is 3.50. The Morgan fingerprint density at radius 1 is 1.50 bits per heavy atom. The van der Waals surface area contributed by atoms with E-state index in [1.807, 2.05) is 0 Å². The maximum Gasteiger partial charge on any atom is 0.475 e. The van der Waals surface area contributed by atoms with Crippen molar-refractivity contribution < 1.29 is 22.0 Å². The fourth-order valence-corrected chi connectivity index (χ4v) is 0.129. The van der Waals surface area contributed by atoms with Gasteiger partial charge in [0.1, 0.15) is 0 Å². The summed E-state index contributed by atoms with van der Waals surface area (Å²) in [6, 6.07) is 0. The van der Waals surface area contributed by atoms with Gasteiger partial charge in [-0.05, 0) is 0 Å². The van der Waals surface area contributed by atoms with E-state index in [0.717, 1.165) is 0 Å². The molecule has 0 fully saturated rings. The highest BCUT2D eigenvalue weighted by Gasteiger charge is 2.33. The number of hydrogen-bond acceptors (Lipinski definition) is 4. The van der Waals surface area contributed by atoms with Crippen LogP contribution in [0.25, 0.3) is 0 Å². The normalized spacial score (nSPS) is 12.5. The van der Waals surface area contributed by atoms with E-state index < -0.39 is 16.1 Å². The topological polar surface area (TPSA) is 69.4 Å². The zero-order chi connectivity index (χ0) is 6.78. The molecule has 0 aromatic heterocycles. The lowest BCUT2D eigenvalue weighted by atomic mass is 11.5. The summed E-state index contributed by atoms with van der Waals surface area (Å²) in [5, 5.41) is 0. The van der Waals surface area contributed by atoms with Gasteiger partial charge in [0.25, 0.3) is 0 Å². The van der Waals surface area contributed by atoms with Crippen molar-refractivity contribution in [2.24, 2.45) is 5.90 Å². The van der Waals surface area contributed by atoms with Crippen molar-refractivity contribution in [1.29, 1.82) is 0 Å². The van der Waals surface area contributed by atoms with Crippen molar-refractivity contribution in [2.45, 2.75) is 5.44 Å². The molecule has 4 nitrogen and oxygen atoms in total. The second-order valence-electron chi connectivity index (χ2n) is 0.861. The monoisotopic (exact) mass is 147 g/mol. The molecular formula is CH3F2NO3S. The molecule has 0 rings (SSSR count). The van der Waals surface area contributed by atoms with Gasteiger partial charge in [0.05, 0.1) is 0 Å². The summed E-state index contributed by atoms with van der Waals surface area (Å²) in [6.07, 6.45) is 0. The van der Waals surface area contributed by atoms with Gasteiger partial charge in [-0.2, -0.15) is 8.78 Å². The number of halogens is 2. The molecule has 0 aliphatic rings. The molecule has 0 amide bonds. The van der Waals surface area contributed by atoms with Crippen LogP contribution in [0.5, 0.6) is 0 Å². The van der Waals surface area contributed by atoms with Gasteiger partial charge in [0.15, 0.2) is 0 Å². The molecule has 0 heterocycles. The number of thiol groups is 1. The van der Waals surface area contributed by atoms with E-state index in [0.29, 0.717) is 0 Å². The molecule has 7 heteroatoms. The van der Waals surface area contributed by atoms with Gasteiger partial charge in [-0.15, -0.1) is 0 Å². The molecule has 0 atom stereocenters. The Balaban J connectivity index is 4.13. The van der Waals surface area contributed by atoms with Crippen LogP contribution in [-0.2, 0) is 15.5 Å². The Labute approximate surface area is 45.1 Å². The third-order valence-corrected chi connectivity index (χ3v) is 0.885. The van der Waals surface area contributed by atoms with Crippen molar-refractivity contribution in [3.63, 3.8) is 0 Å². The van der Waals surface area contributed by atoms with Crippen LogP contribution in [0, 0.1) is 0 Å². The Morgan fingerprint density at radius 3 is 1.88 bits per heavy atom. The van der Waals surface area contributed by atoms with Crippen molar-refractivity contribution in [1.82, 2.24) is 0 Å². The van der Waals surface area contributed by atoms with Crippen LogP contribution in [-0.4, -0.2) is 13.9 Å². The van der Waals surface area contributed by atoms with Crippen LogP contribution in [0.4, 0.5) is 8.78 Å². The smallest absolute Gasteiger partial charge is 0.223 e. The molecule has 8 heavy (non-hydrogen) atoms. The predicted molar refractivity (Wildman–Crippen MR) is 20.5 cm³/mol. The SMILES string of the molecule is NOC(F)(F)[SH](=O)=O. The Hall–Kier alpha value is -0.270. The molecule has 0 radical (unpaired) electrons. The van der Waals surface area contributed by atoms with Gasteiger partial charge in [0, 0.05) is 0 Å². The first-order valence-corrected chi connectivity index (χ1v) is 2.58. The molecule has 0 aliphatic heterocycles. The molecule has 0 saturated carbocycles. The fraction of sp³-hybridized carbons (Fsp3) is 1.00. The summed E-state index contributed by atoms with van der Waals surface area (Å²) in [7, 11) is -3.92. The number of alkyl halides is 2. The Kier molecular flexibility index (Phi) is 2.26. The summed E-state index contributed by atoms with van der Waals surface area (Å²) in [5.74, 6) is 3.87. The first kappa shape index (κ1) is 7.73. The highest BCUT2D eigenvalue weighted by Crippen LogP contribution is 2.11. The van der Waals surface area contributed by atoms with Crippen LogP contribution >= 0.6 is 0 Å². The highest BCUT2D eigenvalue weighted by molar-refractivity contribution is 7.73. The average Bonchev–Trinajstić information content (AvgIpc) is 1.67. The second kappa shape index (κ2) is 2.33. The summed E-state index contributed by atoms with van der Waals surface area (Å²) >= 11 is 0. The molecule has 0 aliphatic carbocycles. The Morgan fingerprint density at radius 2 is 1.88 bits per heavy atom. The molecule has 0 unspecified atom stereocenters. The third kappa shape index (κ3) is 1.68. The highest BCUT2D eigenvalue weighted by atomic mass is 32.2. The van der Waals surface area contributed by atoms with E-state index in [9.17, 15) is 17.2 Å². The minimum atomic E-state index is -4.23. The molecule has 2 N–H and O–H groups in total. The lowest BCUT2D eigenvalue weighted by Gasteiger charge is -2.01. The first-order valence-electron chi connectivity index (χ1n) is 1.41. The summed E-state index contributed by atoms with van der Waals surface area (Å²) in [5.41, 5.74) is -4.23. The van der Waals surface area contributed by atoms with Gasteiger partial charge in [-0.3, -0.25) is 0 Å². The summed E-state index contributed by atoms with van der Waals surface area (Å²) in [4.78, 5) is 2.77. The minimum absolute atomic E-state index is 2.77. The largest absolute Gasteiger partial charge is 0.475 e. The van der Waals surface area contributed by atoms with Crippen molar-refractivity contribution in [3.8, 4) is 0 Å². The van der Waals surface area contributed by atoms with Gasteiger partial charge in [-0.25, -0.2) is 19.2 Å². The van der Waals surface area contributed by atoms with Crippen LogP contribution in [0.15, 0.2) is 0 Å². The van der Waals surface area contributed by atoms with Crippen LogP contribution in [0.3, 0.4) is 0 Å². The lowest BCUT2D eigenvalue weighted by Crippen LogP contribution is -2.25. The maximum atomic E-state index is 11.3. The van der Waals surface area contributed by atoms with E-state index in [2.05, 4.69) is 10.7 Å². The van der Waals surface area contributed by atoms with Crippen LogP contribution < -0.4 is 5.90 Å². The average molecular weight is 147 g/mol. The second-order valence-corrected chi connectivity index (χ2v) is 1.90. The van der Waals surface area contributed by atoms with Gasteiger partial charge >= 0.3 is 5.44 Å². The van der Waals surface area contributed by atoms with E-state index in [4.69, 9.17) is 0 Å². The van der Waals surface area contributed by atoms with Crippen molar-refractivity contribution in [3.05, 3.63) is 0 Å². The lowest BCUT2D eigenvalue weighted by molar-refractivity contribution is -0.170. The fourth-order valence-electron chi connectivity index (χ4n) is 0.0430. The van der Waals surface area contributed by atoms with Gasteiger partial charge < -0.3 is 0 Å². The van der Waals surface area contributed by atoms with Crippen molar-refractivity contribution >= 4 is 10.7 Å². The van der Waals surface area contributed by atoms with E-state index >= 15 is 0 Å². The maximum absolute atomic E-state index is 11.3. The molecule has 50 valence electrons. The van der Waals surface area contributed by atoms with Gasteiger partial charge in [-0.1, -0.05) is 0 Å². The molecular weight excluding hydrogens is 144 g/mol. The van der Waals surface area contributed by atoms with E-state index in [1.54, 1.807) is 0 Å². The number of rotatable bonds is 2. The zero-order valence-electron chi connectivity index (χ0n) is 3.51. The quantitative estimate of drug-likeness (QED) is 0.390. The number of nitrogens with two attached hydrogens (primary N) is 1. The van der Waals surface area contributed by atoms with E-state index in [-0.39, 0.29) is 0 Å². The third-order valence-electron chi connectivity index (χ3n) is 0.354. The zero-order valence-corrected chi connectivity index (χ0v) is 4.40. The molecule has 0 bridgehead atoms. The van der Waals surface area contributed by atoms with E-state index in [1.165, 1.54) is 0 Å². The number of hydrogen-bond donors (Lipinski definition) is 2. The standard InChI is InChI=1S/CH3F2NO3S/c2-1(3,7-4)8(5)6/h8H,4H2. The molecule has 0 aromatic rings. The molecule has 0 spiro atoms. The Bertz CT molecular complexity index is 134. The van der Waals surface area contributed by atoms with Crippen molar-refractivity contribution in [2.75, 3.05) is 0 Å². The summed E-state index contributed by atoms with van der Waals surface area (Å²) in [6.45, 7) is 0. The van der Waals surface area contributed by atoms with Crippen LogP contribution in [0.1, 0.15) is 0 Å². The summed E-state index contributed by atoms with van der Waals surface area (Å²) < 4.78 is 41.3. The molecule has 0 aromatic carbocycles. The van der Waals surface area contributed by atoms with Gasteiger partial charge in [0.2, 0.25) is 10.7 Å². The van der Waals surface area contributed by atoms with Crippen LogP contribution in [0.2, 0.25) is 0 Å². The predicted octanol–water partition coefficient (Wildman–Crippen LogP) is -0.962. The molecule has 0 saturated heterocycles. The minimum Gasteiger partial charge on any atom is -0.223 e.